The summed E-state index contributed by atoms with van der Waals surface area (Å²) in [7, 11) is -0.541. The fraction of sp³-hybridized carbons (Fsp3) is 0.200. The van der Waals surface area contributed by atoms with Crippen LogP contribution in [0.4, 0.5) is 0 Å². The Morgan fingerprint density at radius 2 is 1.66 bits per heavy atom. The highest BCUT2D eigenvalue weighted by Gasteiger charge is 2.32. The lowest BCUT2D eigenvalue weighted by Crippen LogP contribution is -2.39. The van der Waals surface area contributed by atoms with Gasteiger partial charge < -0.3 is 19.1 Å². The maximum Gasteiger partial charge on any atom is 0.340 e. The van der Waals surface area contributed by atoms with Crippen LogP contribution < -0.4 is 9.47 Å². The zero-order valence-electron chi connectivity index (χ0n) is 19.0. The first-order chi connectivity index (χ1) is 16.8. The van der Waals surface area contributed by atoms with E-state index in [1.807, 2.05) is 0 Å². The summed E-state index contributed by atoms with van der Waals surface area (Å²) in [6.07, 6.45) is -0.774. The second-order valence-electron chi connectivity index (χ2n) is 7.76. The van der Waals surface area contributed by atoms with Gasteiger partial charge in [0.1, 0.15) is 23.0 Å². The molecular formula is C25H23ClN2O6S. The number of ether oxygens (including phenoxy) is 3. The number of hydrogen-bond acceptors (Lipinski definition) is 7. The normalized spacial score (nSPS) is 14.4. The highest BCUT2D eigenvalue weighted by Crippen LogP contribution is 2.27. The quantitative estimate of drug-likeness (QED) is 0.419. The predicted octanol–water partition coefficient (Wildman–Crippen LogP) is 4.03. The number of fused-ring (bicyclic) bond motifs is 1. The zero-order valence-corrected chi connectivity index (χ0v) is 20.6. The Hall–Kier alpha value is -3.56. The Labute approximate surface area is 208 Å². The van der Waals surface area contributed by atoms with Crippen LogP contribution in [-0.2, 0) is 14.8 Å². The van der Waals surface area contributed by atoms with Gasteiger partial charge in [-0.25, -0.2) is 4.79 Å². The number of carbonyl (C=O) groups excluding carboxylic acids is 1. The number of halogens is 1. The van der Waals surface area contributed by atoms with E-state index in [-0.39, 0.29) is 34.5 Å². The summed E-state index contributed by atoms with van der Waals surface area (Å²) in [6, 6.07) is 20.1. The van der Waals surface area contributed by atoms with Gasteiger partial charge in [0.25, 0.3) is 10.0 Å². The summed E-state index contributed by atoms with van der Waals surface area (Å²) < 4.78 is 45.6. The monoisotopic (exact) mass is 514 g/mol. The number of likely N-dealkylation sites (N-methyl/N-ethyl adjacent to an activating group) is 1. The zero-order chi connectivity index (χ0) is 25.0. The number of methoxy groups -OCH3 is 1. The van der Waals surface area contributed by atoms with E-state index in [9.17, 15) is 13.2 Å². The number of hydrogen-bond donors (Lipinski definition) is 0. The maximum atomic E-state index is 12.9. The summed E-state index contributed by atoms with van der Waals surface area (Å²) in [5.41, 5.74) is 0.708. The molecule has 0 N–H and O–H groups in total. The van der Waals surface area contributed by atoms with E-state index in [1.54, 1.807) is 85.8 Å². The molecule has 0 saturated heterocycles. The van der Waals surface area contributed by atoms with Gasteiger partial charge in [-0.15, -0.1) is 4.40 Å². The van der Waals surface area contributed by atoms with Crippen LogP contribution >= 0.6 is 11.6 Å². The second kappa shape index (κ2) is 10.4. The van der Waals surface area contributed by atoms with E-state index >= 15 is 0 Å². The minimum atomic E-state index is -3.79. The molecule has 8 nitrogen and oxygen atoms in total. The standard InChI is InChI=1S/C25H23ClN2O6S/c1-28(24-21-8-4-6-10-23(21)35(30,31)27-24)15-19(16-33-18-13-11-17(32-2)12-14-18)34-25(29)20-7-3-5-9-22(20)26/h3-14,19H,15-16H2,1-2H3. The van der Waals surface area contributed by atoms with E-state index < -0.39 is 22.1 Å². The third kappa shape index (κ3) is 5.58. The van der Waals surface area contributed by atoms with Gasteiger partial charge in [0, 0.05) is 12.6 Å². The van der Waals surface area contributed by atoms with Gasteiger partial charge in [0.05, 0.1) is 24.2 Å². The molecule has 3 aromatic rings. The molecule has 1 atom stereocenters. The molecule has 0 amide bonds. The Bertz CT molecular complexity index is 1360. The highest BCUT2D eigenvalue weighted by atomic mass is 35.5. The van der Waals surface area contributed by atoms with Crippen molar-refractivity contribution in [1.29, 1.82) is 0 Å². The summed E-state index contributed by atoms with van der Waals surface area (Å²) in [5, 5.41) is 0.265. The first-order valence-corrected chi connectivity index (χ1v) is 12.5. The molecular weight excluding hydrogens is 492 g/mol. The largest absolute Gasteiger partial charge is 0.497 e. The van der Waals surface area contributed by atoms with E-state index in [4.69, 9.17) is 25.8 Å². The van der Waals surface area contributed by atoms with Gasteiger partial charge in [0.2, 0.25) is 0 Å². The Morgan fingerprint density at radius 3 is 2.37 bits per heavy atom. The Kier molecular flexibility index (Phi) is 7.28. The number of amidine groups is 1. The molecule has 0 radical (unpaired) electrons. The third-order valence-corrected chi connectivity index (χ3v) is 6.97. The fourth-order valence-electron chi connectivity index (χ4n) is 3.58. The molecule has 1 heterocycles. The van der Waals surface area contributed by atoms with E-state index in [1.165, 1.54) is 6.07 Å². The summed E-state index contributed by atoms with van der Waals surface area (Å²) in [5.74, 6) is 0.883. The number of benzene rings is 3. The lowest BCUT2D eigenvalue weighted by atomic mass is 10.2. The van der Waals surface area contributed by atoms with Crippen molar-refractivity contribution in [2.45, 2.75) is 11.0 Å². The smallest absolute Gasteiger partial charge is 0.340 e. The van der Waals surface area contributed by atoms with Crippen LogP contribution in [0.25, 0.3) is 0 Å². The van der Waals surface area contributed by atoms with Crippen molar-refractivity contribution in [3.63, 3.8) is 0 Å². The summed E-state index contributed by atoms with van der Waals surface area (Å²) >= 11 is 6.16. The van der Waals surface area contributed by atoms with Crippen LogP contribution in [0.15, 0.2) is 82.1 Å². The molecule has 10 heteroatoms. The lowest BCUT2D eigenvalue weighted by Gasteiger charge is -2.26. The lowest BCUT2D eigenvalue weighted by molar-refractivity contribution is 0.0130. The summed E-state index contributed by atoms with van der Waals surface area (Å²) in [4.78, 5) is 14.6. The van der Waals surface area contributed by atoms with Crippen molar-refractivity contribution >= 4 is 33.4 Å². The number of sulfonamides is 1. The van der Waals surface area contributed by atoms with Gasteiger partial charge in [0.15, 0.2) is 11.9 Å². The number of rotatable bonds is 8. The first kappa shape index (κ1) is 24.6. The van der Waals surface area contributed by atoms with Gasteiger partial charge in [-0.1, -0.05) is 35.9 Å². The molecule has 0 fully saturated rings. The average Bonchev–Trinajstić information content (AvgIpc) is 3.14. The molecule has 0 saturated carbocycles. The predicted molar refractivity (Wildman–Crippen MR) is 132 cm³/mol. The summed E-state index contributed by atoms with van der Waals surface area (Å²) in [6.45, 7) is 0.129. The van der Waals surface area contributed by atoms with Gasteiger partial charge in [-0.2, -0.15) is 8.42 Å². The average molecular weight is 515 g/mol. The molecule has 1 unspecified atom stereocenters. The first-order valence-electron chi connectivity index (χ1n) is 10.7. The van der Waals surface area contributed by atoms with E-state index in [2.05, 4.69) is 4.40 Å². The minimum Gasteiger partial charge on any atom is -0.497 e. The van der Waals surface area contributed by atoms with Crippen molar-refractivity contribution in [1.82, 2.24) is 4.90 Å². The number of nitrogens with zero attached hydrogens (tertiary/aromatic N) is 2. The fourth-order valence-corrected chi connectivity index (χ4v) is 5.05. The van der Waals surface area contributed by atoms with Crippen molar-refractivity contribution in [2.24, 2.45) is 4.40 Å². The van der Waals surface area contributed by atoms with Crippen LogP contribution in [-0.4, -0.2) is 58.5 Å². The maximum absolute atomic E-state index is 12.9. The van der Waals surface area contributed by atoms with Gasteiger partial charge in [-0.05, 0) is 48.5 Å². The van der Waals surface area contributed by atoms with Gasteiger partial charge >= 0.3 is 5.97 Å². The highest BCUT2D eigenvalue weighted by molar-refractivity contribution is 7.90. The molecule has 0 aliphatic carbocycles. The Morgan fingerprint density at radius 1 is 1.00 bits per heavy atom. The Balaban J connectivity index is 1.54. The second-order valence-corrected chi connectivity index (χ2v) is 9.74. The van der Waals surface area contributed by atoms with Crippen LogP contribution in [0.5, 0.6) is 11.5 Å². The molecule has 35 heavy (non-hydrogen) atoms. The number of esters is 1. The number of carbonyl (C=O) groups is 1. The third-order valence-electron chi connectivity index (χ3n) is 5.31. The molecule has 4 rings (SSSR count). The van der Waals surface area contributed by atoms with Crippen molar-refractivity contribution in [2.75, 3.05) is 27.3 Å². The van der Waals surface area contributed by atoms with E-state index in [0.29, 0.717) is 17.1 Å². The molecule has 0 bridgehead atoms. The SMILES string of the molecule is COc1ccc(OCC(CN(C)C2=NS(=O)(=O)c3ccccc32)OC(=O)c2ccccc2Cl)cc1. The van der Waals surface area contributed by atoms with Crippen LogP contribution in [0.1, 0.15) is 15.9 Å². The van der Waals surface area contributed by atoms with Crippen LogP contribution in [0, 0.1) is 0 Å². The minimum absolute atomic E-state index is 0.00847. The van der Waals surface area contributed by atoms with Crippen molar-refractivity contribution in [3.8, 4) is 11.5 Å². The molecule has 0 spiro atoms. The molecule has 1 aliphatic heterocycles. The molecule has 182 valence electrons. The van der Waals surface area contributed by atoms with Crippen molar-refractivity contribution < 1.29 is 27.4 Å². The molecule has 3 aromatic carbocycles. The topological polar surface area (TPSA) is 94.5 Å². The molecule has 0 aromatic heterocycles. The van der Waals surface area contributed by atoms with Crippen LogP contribution in [0.3, 0.4) is 0 Å². The van der Waals surface area contributed by atoms with Gasteiger partial charge in [-0.3, -0.25) is 0 Å². The van der Waals surface area contributed by atoms with E-state index in [0.717, 1.165) is 0 Å². The molecule has 1 aliphatic rings. The van der Waals surface area contributed by atoms with Crippen LogP contribution in [0.2, 0.25) is 5.02 Å². The van der Waals surface area contributed by atoms with Crippen molar-refractivity contribution in [3.05, 3.63) is 88.9 Å².